The summed E-state index contributed by atoms with van der Waals surface area (Å²) >= 11 is 0. The van der Waals surface area contributed by atoms with Gasteiger partial charge in [0.05, 0.1) is 6.54 Å². The number of piperidine rings is 2. The Morgan fingerprint density at radius 3 is 2.48 bits per heavy atom. The number of hydrogen-bond donors (Lipinski definition) is 1. The Labute approximate surface area is 135 Å². The van der Waals surface area contributed by atoms with Gasteiger partial charge >= 0.3 is 0 Å². The van der Waals surface area contributed by atoms with Crippen LogP contribution in [0, 0.1) is 23.7 Å². The lowest BCUT2D eigenvalue weighted by Crippen LogP contribution is -2.49. The molecule has 0 aliphatic carbocycles. The number of nitrogens with zero attached hydrogens (tertiary/aromatic N) is 2. The molecule has 122 valence electrons. The number of carbonyl (C=O) groups excluding carboxylic acids is 1. The highest BCUT2D eigenvalue weighted by atomic mass is 35.5. The number of carbonyl (C=O) groups is 1. The molecule has 4 unspecified atom stereocenters. The summed E-state index contributed by atoms with van der Waals surface area (Å²) in [6.07, 6.45) is 2.53. The molecule has 0 radical (unpaired) electrons. The number of halogens is 1. The minimum absolute atomic E-state index is 0. The molecule has 3 rings (SSSR count). The van der Waals surface area contributed by atoms with Crippen LogP contribution in [0.5, 0.6) is 0 Å². The Kier molecular flexibility index (Phi) is 5.92. The summed E-state index contributed by atoms with van der Waals surface area (Å²) in [7, 11) is 0. The summed E-state index contributed by atoms with van der Waals surface area (Å²) in [5.74, 6) is 3.31. The zero-order chi connectivity index (χ0) is 14.1. The second-order valence-corrected chi connectivity index (χ2v) is 7.45. The van der Waals surface area contributed by atoms with Crippen molar-refractivity contribution in [3.63, 3.8) is 0 Å². The normalized spacial score (nSPS) is 37.0. The van der Waals surface area contributed by atoms with E-state index in [0.717, 1.165) is 44.6 Å². The van der Waals surface area contributed by atoms with Gasteiger partial charge in [-0.25, -0.2) is 0 Å². The van der Waals surface area contributed by atoms with Crippen molar-refractivity contribution in [1.29, 1.82) is 0 Å². The Morgan fingerprint density at radius 2 is 1.76 bits per heavy atom. The Bertz CT molecular complexity index is 355. The molecule has 21 heavy (non-hydrogen) atoms. The van der Waals surface area contributed by atoms with Crippen molar-refractivity contribution < 1.29 is 4.79 Å². The van der Waals surface area contributed by atoms with E-state index in [2.05, 4.69) is 29.0 Å². The third-order valence-corrected chi connectivity index (χ3v) is 5.37. The zero-order valence-electron chi connectivity index (χ0n) is 13.4. The van der Waals surface area contributed by atoms with E-state index in [4.69, 9.17) is 0 Å². The van der Waals surface area contributed by atoms with Gasteiger partial charge in [0.25, 0.3) is 0 Å². The van der Waals surface area contributed by atoms with E-state index in [9.17, 15) is 4.79 Å². The highest BCUT2D eigenvalue weighted by Gasteiger charge is 2.34. The molecule has 0 spiro atoms. The average Bonchev–Trinajstić information content (AvgIpc) is 2.85. The van der Waals surface area contributed by atoms with Gasteiger partial charge in [0.2, 0.25) is 5.91 Å². The average molecular weight is 316 g/mol. The van der Waals surface area contributed by atoms with Crippen LogP contribution in [0.3, 0.4) is 0 Å². The molecule has 5 heteroatoms. The van der Waals surface area contributed by atoms with E-state index < -0.39 is 0 Å². The molecular formula is C16H30ClN3O. The number of hydrogen-bond acceptors (Lipinski definition) is 3. The minimum atomic E-state index is 0. The third-order valence-electron chi connectivity index (χ3n) is 5.37. The first-order chi connectivity index (χ1) is 9.61. The summed E-state index contributed by atoms with van der Waals surface area (Å²) < 4.78 is 0. The fourth-order valence-electron chi connectivity index (χ4n) is 4.41. The largest absolute Gasteiger partial charge is 0.341 e. The summed E-state index contributed by atoms with van der Waals surface area (Å²) in [5.41, 5.74) is 0. The zero-order valence-corrected chi connectivity index (χ0v) is 14.2. The molecule has 0 aromatic rings. The molecule has 3 fully saturated rings. The lowest BCUT2D eigenvalue weighted by Gasteiger charge is -2.38. The van der Waals surface area contributed by atoms with E-state index in [-0.39, 0.29) is 12.4 Å². The van der Waals surface area contributed by atoms with Gasteiger partial charge in [0.1, 0.15) is 0 Å². The summed E-state index contributed by atoms with van der Waals surface area (Å²) in [5, 5.41) is 3.49. The number of amides is 1. The Hall–Kier alpha value is -0.320. The van der Waals surface area contributed by atoms with Crippen molar-refractivity contribution in [1.82, 2.24) is 15.1 Å². The Morgan fingerprint density at radius 1 is 1.10 bits per heavy atom. The molecule has 3 saturated heterocycles. The smallest absolute Gasteiger partial charge is 0.236 e. The van der Waals surface area contributed by atoms with E-state index in [1.807, 2.05) is 0 Å². The second kappa shape index (κ2) is 7.30. The molecule has 3 aliphatic heterocycles. The van der Waals surface area contributed by atoms with Crippen LogP contribution in [-0.4, -0.2) is 61.5 Å². The van der Waals surface area contributed by atoms with Crippen LogP contribution in [0.1, 0.15) is 26.7 Å². The molecule has 3 heterocycles. The SMILES string of the molecule is CC1CC(C)CN(C(=O)CN2CCC3CNCC3C2)C1.Cl. The standard InChI is InChI=1S/C16H29N3O.ClH/c1-12-5-13(2)9-19(8-12)16(20)11-18-4-3-14-6-17-7-15(14)10-18;/h12-15,17H,3-11H2,1-2H3;1H. The molecule has 0 aromatic heterocycles. The topological polar surface area (TPSA) is 35.6 Å². The lowest BCUT2D eigenvalue weighted by atomic mass is 9.88. The monoisotopic (exact) mass is 315 g/mol. The highest BCUT2D eigenvalue weighted by molar-refractivity contribution is 5.85. The Balaban J connectivity index is 0.00000161. The first kappa shape index (κ1) is 17.0. The van der Waals surface area contributed by atoms with Crippen molar-refractivity contribution in [2.24, 2.45) is 23.7 Å². The first-order valence-corrected chi connectivity index (χ1v) is 8.32. The summed E-state index contributed by atoms with van der Waals surface area (Å²) in [6, 6.07) is 0. The van der Waals surface area contributed by atoms with Crippen LogP contribution in [-0.2, 0) is 4.79 Å². The van der Waals surface area contributed by atoms with Gasteiger partial charge in [-0.1, -0.05) is 13.8 Å². The van der Waals surface area contributed by atoms with Gasteiger partial charge in [-0.05, 0) is 56.1 Å². The predicted octanol–water partition coefficient (Wildman–Crippen LogP) is 1.45. The quantitative estimate of drug-likeness (QED) is 0.838. The van der Waals surface area contributed by atoms with Gasteiger partial charge < -0.3 is 10.2 Å². The molecule has 0 aromatic carbocycles. The fraction of sp³-hybridized carbons (Fsp3) is 0.938. The molecule has 1 N–H and O–H groups in total. The minimum Gasteiger partial charge on any atom is -0.341 e. The van der Waals surface area contributed by atoms with Crippen LogP contribution in [0.15, 0.2) is 0 Å². The van der Waals surface area contributed by atoms with Gasteiger partial charge in [0, 0.05) is 19.6 Å². The van der Waals surface area contributed by atoms with Crippen molar-refractivity contribution in [3.8, 4) is 0 Å². The maximum absolute atomic E-state index is 12.5. The number of nitrogens with one attached hydrogen (secondary N) is 1. The van der Waals surface area contributed by atoms with Gasteiger partial charge in [-0.3, -0.25) is 9.69 Å². The summed E-state index contributed by atoms with van der Waals surface area (Å²) in [6.45, 7) is 11.7. The lowest BCUT2D eigenvalue weighted by molar-refractivity contribution is -0.135. The first-order valence-electron chi connectivity index (χ1n) is 8.32. The molecular weight excluding hydrogens is 286 g/mol. The molecule has 4 atom stereocenters. The van der Waals surface area contributed by atoms with Crippen LogP contribution in [0.2, 0.25) is 0 Å². The van der Waals surface area contributed by atoms with Crippen molar-refractivity contribution in [3.05, 3.63) is 0 Å². The van der Waals surface area contributed by atoms with E-state index in [1.54, 1.807) is 0 Å². The van der Waals surface area contributed by atoms with E-state index in [1.165, 1.54) is 19.4 Å². The molecule has 4 nitrogen and oxygen atoms in total. The van der Waals surface area contributed by atoms with Crippen LogP contribution < -0.4 is 5.32 Å². The van der Waals surface area contributed by atoms with Gasteiger partial charge in [-0.2, -0.15) is 0 Å². The number of fused-ring (bicyclic) bond motifs is 1. The van der Waals surface area contributed by atoms with Crippen molar-refractivity contribution in [2.45, 2.75) is 26.7 Å². The molecule has 0 saturated carbocycles. The van der Waals surface area contributed by atoms with Gasteiger partial charge in [0.15, 0.2) is 0 Å². The van der Waals surface area contributed by atoms with Crippen LogP contribution in [0.4, 0.5) is 0 Å². The molecule has 1 amide bonds. The van der Waals surface area contributed by atoms with E-state index >= 15 is 0 Å². The van der Waals surface area contributed by atoms with Gasteiger partial charge in [-0.15, -0.1) is 12.4 Å². The third kappa shape index (κ3) is 4.11. The predicted molar refractivity (Wildman–Crippen MR) is 87.7 cm³/mol. The molecule has 0 bridgehead atoms. The molecule has 3 aliphatic rings. The second-order valence-electron chi connectivity index (χ2n) is 7.45. The van der Waals surface area contributed by atoms with Crippen LogP contribution in [0.25, 0.3) is 0 Å². The van der Waals surface area contributed by atoms with Crippen molar-refractivity contribution >= 4 is 18.3 Å². The summed E-state index contributed by atoms with van der Waals surface area (Å²) in [4.78, 5) is 17.0. The maximum atomic E-state index is 12.5. The number of rotatable bonds is 2. The highest BCUT2D eigenvalue weighted by Crippen LogP contribution is 2.27. The van der Waals surface area contributed by atoms with Crippen LogP contribution >= 0.6 is 12.4 Å². The van der Waals surface area contributed by atoms with E-state index in [0.29, 0.717) is 24.3 Å². The maximum Gasteiger partial charge on any atom is 0.236 e. The fourth-order valence-corrected chi connectivity index (χ4v) is 4.41. The number of likely N-dealkylation sites (tertiary alicyclic amines) is 2. The van der Waals surface area contributed by atoms with Crippen molar-refractivity contribution in [2.75, 3.05) is 45.8 Å².